The second-order valence-corrected chi connectivity index (χ2v) is 6.19. The van der Waals surface area contributed by atoms with Crippen LogP contribution in [0.3, 0.4) is 0 Å². The largest absolute Gasteiger partial charge is 0.313 e. The van der Waals surface area contributed by atoms with E-state index in [1.807, 2.05) is 0 Å². The number of rotatable bonds is 7. The molecule has 100 valence electrons. The third-order valence-corrected chi connectivity index (χ3v) is 4.34. The summed E-state index contributed by atoms with van der Waals surface area (Å²) in [4.78, 5) is 2.69. The minimum absolute atomic E-state index is 0.807. The lowest BCUT2D eigenvalue weighted by Gasteiger charge is -2.29. The Morgan fingerprint density at radius 1 is 1.12 bits per heavy atom. The molecular weight excluding hydrogens is 208 g/mol. The van der Waals surface area contributed by atoms with Gasteiger partial charge in [0.05, 0.1) is 0 Å². The third kappa shape index (κ3) is 4.59. The van der Waals surface area contributed by atoms with E-state index in [1.54, 1.807) is 0 Å². The van der Waals surface area contributed by atoms with Crippen molar-refractivity contribution in [2.45, 2.75) is 70.9 Å². The Bertz CT molecular complexity index is 213. The van der Waals surface area contributed by atoms with Crippen molar-refractivity contribution in [3.05, 3.63) is 0 Å². The van der Waals surface area contributed by atoms with Gasteiger partial charge >= 0.3 is 0 Å². The minimum Gasteiger partial charge on any atom is -0.313 e. The molecule has 2 atom stereocenters. The van der Waals surface area contributed by atoms with Crippen LogP contribution in [0.4, 0.5) is 0 Å². The molecule has 0 aromatic heterocycles. The van der Waals surface area contributed by atoms with E-state index >= 15 is 0 Å². The van der Waals surface area contributed by atoms with Crippen molar-refractivity contribution in [3.8, 4) is 0 Å². The van der Waals surface area contributed by atoms with E-state index in [-0.39, 0.29) is 0 Å². The Morgan fingerprint density at radius 3 is 2.59 bits per heavy atom. The fourth-order valence-corrected chi connectivity index (χ4v) is 3.24. The molecule has 0 aromatic carbocycles. The molecule has 17 heavy (non-hydrogen) atoms. The number of hydrogen-bond donors (Lipinski definition) is 1. The van der Waals surface area contributed by atoms with Gasteiger partial charge in [0.1, 0.15) is 0 Å². The summed E-state index contributed by atoms with van der Waals surface area (Å²) < 4.78 is 0. The van der Waals surface area contributed by atoms with E-state index in [0.29, 0.717) is 0 Å². The fraction of sp³-hybridized carbons (Fsp3) is 1.00. The third-order valence-electron chi connectivity index (χ3n) is 4.34. The summed E-state index contributed by atoms with van der Waals surface area (Å²) in [6, 6.07) is 1.74. The van der Waals surface area contributed by atoms with Crippen molar-refractivity contribution in [3.63, 3.8) is 0 Å². The van der Waals surface area contributed by atoms with E-state index in [2.05, 4.69) is 24.1 Å². The quantitative estimate of drug-likeness (QED) is 0.733. The highest BCUT2D eigenvalue weighted by atomic mass is 15.2. The van der Waals surface area contributed by atoms with Crippen LogP contribution in [0.5, 0.6) is 0 Å². The van der Waals surface area contributed by atoms with Gasteiger partial charge in [0.25, 0.3) is 0 Å². The average molecular weight is 238 g/mol. The van der Waals surface area contributed by atoms with E-state index in [4.69, 9.17) is 0 Å². The van der Waals surface area contributed by atoms with Gasteiger partial charge in [-0.15, -0.1) is 0 Å². The van der Waals surface area contributed by atoms with Gasteiger partial charge in [-0.2, -0.15) is 0 Å². The van der Waals surface area contributed by atoms with Gasteiger partial charge in [-0.1, -0.05) is 26.7 Å². The molecule has 2 aliphatic rings. The van der Waals surface area contributed by atoms with Crippen molar-refractivity contribution in [2.75, 3.05) is 19.6 Å². The molecule has 0 spiro atoms. The van der Waals surface area contributed by atoms with Crippen LogP contribution >= 0.6 is 0 Å². The van der Waals surface area contributed by atoms with E-state index in [0.717, 1.165) is 18.0 Å². The lowest BCUT2D eigenvalue weighted by Crippen LogP contribution is -2.40. The van der Waals surface area contributed by atoms with Gasteiger partial charge in [-0.3, -0.25) is 4.90 Å². The minimum atomic E-state index is 0.807. The molecule has 0 saturated heterocycles. The molecule has 1 N–H and O–H groups in total. The molecule has 0 radical (unpaired) electrons. The molecule has 2 fully saturated rings. The Kier molecular flexibility index (Phi) is 5.30. The monoisotopic (exact) mass is 238 g/mol. The Morgan fingerprint density at radius 2 is 1.94 bits per heavy atom. The van der Waals surface area contributed by atoms with Crippen molar-refractivity contribution in [1.82, 2.24) is 10.2 Å². The topological polar surface area (TPSA) is 15.3 Å². The zero-order valence-corrected chi connectivity index (χ0v) is 11.8. The van der Waals surface area contributed by atoms with Crippen LogP contribution in [0, 0.1) is 5.92 Å². The molecule has 2 aliphatic carbocycles. The normalized spacial score (nSPS) is 29.8. The SMILES string of the molecule is CCCN(CCNC1CCCC(C)C1)C1CC1. The summed E-state index contributed by atoms with van der Waals surface area (Å²) in [7, 11) is 0. The first-order chi connectivity index (χ1) is 8.29. The lowest BCUT2D eigenvalue weighted by molar-refractivity contribution is 0.244. The second kappa shape index (κ2) is 6.75. The summed E-state index contributed by atoms with van der Waals surface area (Å²) in [6.45, 7) is 8.47. The van der Waals surface area contributed by atoms with Gasteiger partial charge < -0.3 is 5.32 Å². The van der Waals surface area contributed by atoms with Crippen molar-refractivity contribution >= 4 is 0 Å². The van der Waals surface area contributed by atoms with Crippen molar-refractivity contribution in [2.24, 2.45) is 5.92 Å². The van der Waals surface area contributed by atoms with Crippen LogP contribution in [0.2, 0.25) is 0 Å². The predicted octanol–water partition coefficient (Wildman–Crippen LogP) is 3.03. The van der Waals surface area contributed by atoms with E-state index < -0.39 is 0 Å². The van der Waals surface area contributed by atoms with Crippen LogP contribution in [-0.2, 0) is 0 Å². The molecule has 0 bridgehead atoms. The van der Waals surface area contributed by atoms with Gasteiger partial charge in [0.2, 0.25) is 0 Å². The van der Waals surface area contributed by atoms with Gasteiger partial charge in [-0.05, 0) is 44.6 Å². The van der Waals surface area contributed by atoms with Crippen LogP contribution in [0.1, 0.15) is 58.8 Å². The van der Waals surface area contributed by atoms with Crippen LogP contribution < -0.4 is 5.32 Å². The molecule has 0 heterocycles. The predicted molar refractivity (Wildman–Crippen MR) is 74.3 cm³/mol. The van der Waals surface area contributed by atoms with Crippen LogP contribution in [0.25, 0.3) is 0 Å². The Hall–Kier alpha value is -0.0800. The van der Waals surface area contributed by atoms with Crippen LogP contribution in [-0.4, -0.2) is 36.6 Å². The highest BCUT2D eigenvalue weighted by Crippen LogP contribution is 2.26. The van der Waals surface area contributed by atoms with Gasteiger partial charge in [0, 0.05) is 25.2 Å². The van der Waals surface area contributed by atoms with Gasteiger partial charge in [-0.25, -0.2) is 0 Å². The summed E-state index contributed by atoms with van der Waals surface area (Å²) in [5.41, 5.74) is 0. The van der Waals surface area contributed by atoms with Crippen molar-refractivity contribution < 1.29 is 0 Å². The maximum atomic E-state index is 3.78. The molecule has 0 amide bonds. The summed E-state index contributed by atoms with van der Waals surface area (Å²) in [6.07, 6.45) is 9.87. The Labute approximate surface area is 107 Å². The number of hydrogen-bond acceptors (Lipinski definition) is 2. The highest BCUT2D eigenvalue weighted by molar-refractivity contribution is 4.85. The zero-order valence-electron chi connectivity index (χ0n) is 11.8. The first-order valence-corrected chi connectivity index (χ1v) is 7.77. The van der Waals surface area contributed by atoms with Crippen LogP contribution in [0.15, 0.2) is 0 Å². The first-order valence-electron chi connectivity index (χ1n) is 7.77. The molecule has 2 nitrogen and oxygen atoms in total. The fourth-order valence-electron chi connectivity index (χ4n) is 3.24. The second-order valence-electron chi connectivity index (χ2n) is 6.19. The molecule has 2 saturated carbocycles. The lowest BCUT2D eigenvalue weighted by atomic mass is 9.87. The molecular formula is C15H30N2. The number of nitrogens with one attached hydrogen (secondary N) is 1. The standard InChI is InChI=1S/C15H30N2/c1-3-10-17(15-7-8-15)11-9-16-14-6-4-5-13(2)12-14/h13-16H,3-12H2,1-2H3. The summed E-state index contributed by atoms with van der Waals surface area (Å²) in [5, 5.41) is 3.78. The molecule has 0 aliphatic heterocycles. The maximum Gasteiger partial charge on any atom is 0.0110 e. The summed E-state index contributed by atoms with van der Waals surface area (Å²) >= 11 is 0. The molecule has 2 rings (SSSR count). The average Bonchev–Trinajstić information content (AvgIpc) is 3.12. The Balaban J connectivity index is 1.60. The van der Waals surface area contributed by atoms with E-state index in [9.17, 15) is 0 Å². The highest BCUT2D eigenvalue weighted by Gasteiger charge is 2.28. The smallest absolute Gasteiger partial charge is 0.0110 e. The maximum absolute atomic E-state index is 3.78. The summed E-state index contributed by atoms with van der Waals surface area (Å²) in [5.74, 6) is 0.941. The molecule has 2 heteroatoms. The molecule has 2 unspecified atom stereocenters. The number of nitrogens with zero attached hydrogens (tertiary/aromatic N) is 1. The van der Waals surface area contributed by atoms with E-state index in [1.165, 1.54) is 64.6 Å². The zero-order chi connectivity index (χ0) is 12.1. The van der Waals surface area contributed by atoms with Gasteiger partial charge in [0.15, 0.2) is 0 Å². The molecule has 0 aromatic rings. The first kappa shape index (κ1) is 13.4. The van der Waals surface area contributed by atoms with Crippen molar-refractivity contribution in [1.29, 1.82) is 0 Å².